The van der Waals surface area contributed by atoms with Crippen LogP contribution < -0.4 is 5.56 Å². The summed E-state index contributed by atoms with van der Waals surface area (Å²) in [5, 5.41) is 8.97. The molecule has 0 radical (unpaired) electrons. The van der Waals surface area contributed by atoms with Gasteiger partial charge in [-0.1, -0.05) is 36.6 Å². The van der Waals surface area contributed by atoms with E-state index in [-0.39, 0.29) is 18.0 Å². The SMILES string of the molecule is Cc1ccc(C)c(-c2ccc(CC#N)c(=O)n2C2CCCC2)c1. The highest BCUT2D eigenvalue weighted by Gasteiger charge is 2.22. The van der Waals surface area contributed by atoms with Crippen molar-refractivity contribution in [1.82, 2.24) is 4.57 Å². The summed E-state index contributed by atoms with van der Waals surface area (Å²) < 4.78 is 1.96. The summed E-state index contributed by atoms with van der Waals surface area (Å²) in [5.41, 5.74) is 5.10. The Bertz CT molecular complexity index is 821. The van der Waals surface area contributed by atoms with Crippen LogP contribution in [0.2, 0.25) is 0 Å². The van der Waals surface area contributed by atoms with Gasteiger partial charge in [0, 0.05) is 17.2 Å². The highest BCUT2D eigenvalue weighted by Crippen LogP contribution is 2.33. The maximum atomic E-state index is 12.9. The number of hydrogen-bond donors (Lipinski definition) is 0. The van der Waals surface area contributed by atoms with Gasteiger partial charge in [-0.3, -0.25) is 4.79 Å². The van der Waals surface area contributed by atoms with Gasteiger partial charge in [-0.05, 0) is 44.4 Å². The van der Waals surface area contributed by atoms with Gasteiger partial charge in [0.25, 0.3) is 5.56 Å². The average Bonchev–Trinajstić information content (AvgIpc) is 3.06. The molecule has 3 heteroatoms. The van der Waals surface area contributed by atoms with Gasteiger partial charge in [0.05, 0.1) is 18.2 Å². The second-order valence-electron chi connectivity index (χ2n) is 6.51. The summed E-state index contributed by atoms with van der Waals surface area (Å²) in [6.07, 6.45) is 4.62. The van der Waals surface area contributed by atoms with E-state index in [4.69, 9.17) is 5.26 Å². The number of aromatic nitrogens is 1. The number of aryl methyl sites for hydroxylation is 2. The number of hydrogen-bond acceptors (Lipinski definition) is 2. The summed E-state index contributed by atoms with van der Waals surface area (Å²) in [7, 11) is 0. The number of rotatable bonds is 3. The quantitative estimate of drug-likeness (QED) is 0.848. The molecule has 1 aliphatic carbocycles. The van der Waals surface area contributed by atoms with Gasteiger partial charge in [-0.2, -0.15) is 5.26 Å². The zero-order chi connectivity index (χ0) is 16.4. The molecule has 0 atom stereocenters. The first-order valence-corrected chi connectivity index (χ1v) is 8.31. The molecule has 0 N–H and O–H groups in total. The normalized spacial score (nSPS) is 14.8. The average molecular weight is 306 g/mol. The van der Waals surface area contributed by atoms with E-state index in [9.17, 15) is 4.79 Å². The van der Waals surface area contributed by atoms with Crippen molar-refractivity contribution < 1.29 is 0 Å². The lowest BCUT2D eigenvalue weighted by molar-refractivity contribution is 0.505. The largest absolute Gasteiger partial charge is 0.305 e. The van der Waals surface area contributed by atoms with Crippen molar-refractivity contribution in [3.8, 4) is 17.3 Å². The number of benzene rings is 1. The first-order valence-electron chi connectivity index (χ1n) is 8.31. The lowest BCUT2D eigenvalue weighted by atomic mass is 10.00. The molecular formula is C20H22N2O. The van der Waals surface area contributed by atoms with Crippen LogP contribution in [0.15, 0.2) is 35.1 Å². The Morgan fingerprint density at radius 2 is 1.91 bits per heavy atom. The van der Waals surface area contributed by atoms with E-state index in [1.54, 1.807) is 0 Å². The van der Waals surface area contributed by atoms with Gasteiger partial charge < -0.3 is 4.57 Å². The van der Waals surface area contributed by atoms with Crippen molar-refractivity contribution in [3.63, 3.8) is 0 Å². The smallest absolute Gasteiger partial charge is 0.255 e. The molecule has 0 spiro atoms. The first-order chi connectivity index (χ1) is 11.1. The van der Waals surface area contributed by atoms with E-state index in [0.29, 0.717) is 5.56 Å². The minimum atomic E-state index is 0.0110. The molecule has 1 aliphatic rings. The summed E-state index contributed by atoms with van der Waals surface area (Å²) in [6, 6.07) is 12.6. The second kappa shape index (κ2) is 6.42. The lowest BCUT2D eigenvalue weighted by Gasteiger charge is -2.21. The van der Waals surface area contributed by atoms with Crippen LogP contribution in [0, 0.1) is 25.2 Å². The van der Waals surface area contributed by atoms with Crippen LogP contribution in [-0.4, -0.2) is 4.57 Å². The first kappa shape index (κ1) is 15.6. The summed E-state index contributed by atoms with van der Waals surface area (Å²) in [6.45, 7) is 4.16. The zero-order valence-electron chi connectivity index (χ0n) is 13.8. The van der Waals surface area contributed by atoms with Crippen LogP contribution in [0.1, 0.15) is 48.4 Å². The Morgan fingerprint density at radius 1 is 1.17 bits per heavy atom. The Kier molecular flexibility index (Phi) is 4.34. The second-order valence-corrected chi connectivity index (χ2v) is 6.51. The monoisotopic (exact) mass is 306 g/mol. The van der Waals surface area contributed by atoms with E-state index in [0.717, 1.165) is 24.1 Å². The van der Waals surface area contributed by atoms with Crippen molar-refractivity contribution >= 4 is 0 Å². The topological polar surface area (TPSA) is 45.8 Å². The summed E-state index contributed by atoms with van der Waals surface area (Å²) >= 11 is 0. The van der Waals surface area contributed by atoms with Gasteiger partial charge in [0.2, 0.25) is 0 Å². The Morgan fingerprint density at radius 3 is 2.61 bits per heavy atom. The Labute approximate surface area is 137 Å². The third-order valence-corrected chi connectivity index (χ3v) is 4.82. The molecule has 0 bridgehead atoms. The molecule has 3 rings (SSSR count). The van der Waals surface area contributed by atoms with Gasteiger partial charge in [0.1, 0.15) is 0 Å². The molecule has 3 nitrogen and oxygen atoms in total. The van der Waals surface area contributed by atoms with Crippen LogP contribution in [-0.2, 0) is 6.42 Å². The van der Waals surface area contributed by atoms with E-state index in [1.165, 1.54) is 24.0 Å². The van der Waals surface area contributed by atoms with Crippen LogP contribution in [0.25, 0.3) is 11.3 Å². The van der Waals surface area contributed by atoms with E-state index >= 15 is 0 Å². The fraction of sp³-hybridized carbons (Fsp3) is 0.400. The highest BCUT2D eigenvalue weighted by atomic mass is 16.1. The fourth-order valence-electron chi connectivity index (χ4n) is 3.57. The molecule has 2 aromatic rings. The lowest BCUT2D eigenvalue weighted by Crippen LogP contribution is -2.28. The van der Waals surface area contributed by atoms with Crippen LogP contribution in [0.4, 0.5) is 0 Å². The molecule has 1 heterocycles. The van der Waals surface area contributed by atoms with Gasteiger partial charge >= 0.3 is 0 Å². The van der Waals surface area contributed by atoms with Crippen molar-refractivity contribution in [2.24, 2.45) is 0 Å². The van der Waals surface area contributed by atoms with Crippen LogP contribution in [0.5, 0.6) is 0 Å². The summed E-state index contributed by atoms with van der Waals surface area (Å²) in [5.74, 6) is 0. The Hall–Kier alpha value is -2.34. The maximum Gasteiger partial charge on any atom is 0.255 e. The molecule has 23 heavy (non-hydrogen) atoms. The molecule has 0 unspecified atom stereocenters. The third-order valence-electron chi connectivity index (χ3n) is 4.82. The molecule has 1 aromatic carbocycles. The molecular weight excluding hydrogens is 284 g/mol. The number of pyridine rings is 1. The van der Waals surface area contributed by atoms with E-state index in [1.807, 2.05) is 16.7 Å². The van der Waals surface area contributed by atoms with Crippen molar-refractivity contribution in [2.45, 2.75) is 52.0 Å². The van der Waals surface area contributed by atoms with Gasteiger partial charge in [0.15, 0.2) is 0 Å². The molecule has 1 saturated carbocycles. The maximum absolute atomic E-state index is 12.9. The minimum Gasteiger partial charge on any atom is -0.305 e. The minimum absolute atomic E-state index is 0.0110. The zero-order valence-corrected chi connectivity index (χ0v) is 13.8. The number of nitriles is 1. The van der Waals surface area contributed by atoms with Gasteiger partial charge in [-0.15, -0.1) is 0 Å². The molecule has 0 aliphatic heterocycles. The molecule has 1 fully saturated rings. The fourth-order valence-corrected chi connectivity index (χ4v) is 3.57. The highest BCUT2D eigenvalue weighted by molar-refractivity contribution is 5.65. The van der Waals surface area contributed by atoms with Crippen molar-refractivity contribution in [2.75, 3.05) is 0 Å². The molecule has 0 saturated heterocycles. The molecule has 0 amide bonds. The van der Waals surface area contributed by atoms with E-state index in [2.05, 4.69) is 38.1 Å². The molecule has 118 valence electrons. The predicted octanol–water partition coefficient (Wildman–Crippen LogP) is 4.31. The number of nitrogens with zero attached hydrogens (tertiary/aromatic N) is 2. The standard InChI is InChI=1S/C20H22N2O/c1-14-7-8-15(2)18(13-14)19-10-9-16(11-12-21)20(23)22(19)17-5-3-4-6-17/h7-10,13,17H,3-6,11H2,1-2H3. The van der Waals surface area contributed by atoms with Crippen molar-refractivity contribution in [3.05, 3.63) is 57.4 Å². The molecule has 1 aromatic heterocycles. The predicted molar refractivity (Wildman–Crippen MR) is 92.4 cm³/mol. The van der Waals surface area contributed by atoms with Crippen LogP contribution >= 0.6 is 0 Å². The van der Waals surface area contributed by atoms with Crippen LogP contribution in [0.3, 0.4) is 0 Å². The Balaban J connectivity index is 2.24. The van der Waals surface area contributed by atoms with Crippen molar-refractivity contribution in [1.29, 1.82) is 5.26 Å². The van der Waals surface area contributed by atoms with Gasteiger partial charge in [-0.25, -0.2) is 0 Å². The third kappa shape index (κ3) is 2.94. The summed E-state index contributed by atoms with van der Waals surface area (Å²) in [4.78, 5) is 12.9. The van der Waals surface area contributed by atoms with E-state index < -0.39 is 0 Å².